The van der Waals surface area contributed by atoms with Crippen LogP contribution >= 0.6 is 0 Å². The maximum absolute atomic E-state index is 12.6. The topological polar surface area (TPSA) is 87.9 Å². The lowest BCUT2D eigenvalue weighted by molar-refractivity contribution is 0.0515. The quantitative estimate of drug-likeness (QED) is 0.784. The zero-order valence-electron chi connectivity index (χ0n) is 14.7. The van der Waals surface area contributed by atoms with Crippen LogP contribution in [0.15, 0.2) is 41.1 Å². The van der Waals surface area contributed by atoms with Crippen LogP contribution in [0.25, 0.3) is 0 Å². The third-order valence-corrected chi connectivity index (χ3v) is 4.20. The number of ether oxygens (including phenoxy) is 1. The van der Waals surface area contributed by atoms with E-state index < -0.39 is 0 Å². The Bertz CT molecular complexity index is 722. The second-order valence-electron chi connectivity index (χ2n) is 5.91. The Labute approximate surface area is 151 Å². The third-order valence-electron chi connectivity index (χ3n) is 4.20. The molecule has 0 radical (unpaired) electrons. The predicted octanol–water partition coefficient (Wildman–Crippen LogP) is 1.33. The summed E-state index contributed by atoms with van der Waals surface area (Å²) in [7, 11) is 1.64. The van der Waals surface area contributed by atoms with Crippen molar-refractivity contribution in [2.45, 2.75) is 0 Å². The molecule has 2 aromatic heterocycles. The first kappa shape index (κ1) is 17.9. The molecule has 26 heavy (non-hydrogen) atoms. The van der Waals surface area contributed by atoms with Gasteiger partial charge in [-0.2, -0.15) is 0 Å². The molecule has 8 nitrogen and oxygen atoms in total. The molecule has 138 valence electrons. The zero-order chi connectivity index (χ0) is 18.4. The van der Waals surface area contributed by atoms with E-state index in [1.165, 1.54) is 6.26 Å². The zero-order valence-corrected chi connectivity index (χ0v) is 14.7. The molecule has 1 fully saturated rings. The molecule has 0 aromatic carbocycles. The van der Waals surface area contributed by atoms with Crippen molar-refractivity contribution < 1.29 is 18.7 Å². The number of pyridine rings is 1. The Morgan fingerprint density at radius 2 is 1.88 bits per heavy atom. The number of hydrogen-bond donors (Lipinski definition) is 1. The summed E-state index contributed by atoms with van der Waals surface area (Å²) in [6.45, 7) is 3.17. The number of hydrogen-bond acceptors (Lipinski definition) is 6. The number of aromatic nitrogens is 1. The van der Waals surface area contributed by atoms with E-state index in [2.05, 4.69) is 10.3 Å². The number of furan rings is 1. The van der Waals surface area contributed by atoms with Crippen molar-refractivity contribution in [1.82, 2.24) is 14.8 Å². The van der Waals surface area contributed by atoms with E-state index in [1.807, 2.05) is 6.07 Å². The summed E-state index contributed by atoms with van der Waals surface area (Å²) in [5.41, 5.74) is 1.24. The Morgan fingerprint density at radius 3 is 2.46 bits per heavy atom. The molecule has 8 heteroatoms. The molecule has 0 aliphatic carbocycles. The molecule has 0 unspecified atom stereocenters. The van der Waals surface area contributed by atoms with Gasteiger partial charge < -0.3 is 24.3 Å². The molecule has 1 aliphatic heterocycles. The molecule has 1 saturated heterocycles. The van der Waals surface area contributed by atoms with Gasteiger partial charge in [0.2, 0.25) is 0 Å². The van der Waals surface area contributed by atoms with Crippen molar-refractivity contribution in [2.24, 2.45) is 0 Å². The number of methoxy groups -OCH3 is 1. The molecule has 3 rings (SSSR count). The van der Waals surface area contributed by atoms with Gasteiger partial charge in [-0.15, -0.1) is 0 Å². The van der Waals surface area contributed by atoms with Crippen LogP contribution in [0.3, 0.4) is 0 Å². The fourth-order valence-corrected chi connectivity index (χ4v) is 2.75. The van der Waals surface area contributed by atoms with Crippen LogP contribution in [-0.2, 0) is 4.74 Å². The summed E-state index contributed by atoms with van der Waals surface area (Å²) < 4.78 is 10.1. The van der Waals surface area contributed by atoms with E-state index in [4.69, 9.17) is 9.15 Å². The van der Waals surface area contributed by atoms with Crippen molar-refractivity contribution in [2.75, 3.05) is 51.8 Å². The highest BCUT2D eigenvalue weighted by Gasteiger charge is 2.27. The van der Waals surface area contributed by atoms with Crippen LogP contribution in [0.4, 0.5) is 5.69 Å². The minimum atomic E-state index is -0.147. The number of carbonyl (C=O) groups excluding carboxylic acids is 2. The maximum atomic E-state index is 12.6. The maximum Gasteiger partial charge on any atom is 0.289 e. The van der Waals surface area contributed by atoms with E-state index in [0.717, 1.165) is 5.69 Å². The Balaban J connectivity index is 1.52. The van der Waals surface area contributed by atoms with Gasteiger partial charge in [-0.1, -0.05) is 0 Å². The van der Waals surface area contributed by atoms with Crippen molar-refractivity contribution in [3.05, 3.63) is 48.2 Å². The van der Waals surface area contributed by atoms with E-state index in [0.29, 0.717) is 50.8 Å². The third kappa shape index (κ3) is 4.20. The van der Waals surface area contributed by atoms with Gasteiger partial charge in [0.25, 0.3) is 11.8 Å². The lowest BCUT2D eigenvalue weighted by Gasteiger charge is -2.34. The number of amides is 2. The Kier molecular flexibility index (Phi) is 5.85. The van der Waals surface area contributed by atoms with Crippen LogP contribution in [-0.4, -0.2) is 73.0 Å². The Hall–Kier alpha value is -2.87. The number of piperazine rings is 1. The minimum absolute atomic E-state index is 0.126. The second-order valence-corrected chi connectivity index (χ2v) is 5.91. The first-order valence-corrected chi connectivity index (χ1v) is 8.50. The van der Waals surface area contributed by atoms with E-state index in [1.54, 1.807) is 41.3 Å². The number of nitrogens with one attached hydrogen (secondary N) is 1. The highest BCUT2D eigenvalue weighted by atomic mass is 16.5. The molecule has 0 atom stereocenters. The van der Waals surface area contributed by atoms with Gasteiger partial charge in [0.1, 0.15) is 5.69 Å². The normalized spacial score (nSPS) is 14.3. The number of anilines is 1. The summed E-state index contributed by atoms with van der Waals surface area (Å²) in [4.78, 5) is 32.5. The van der Waals surface area contributed by atoms with Crippen molar-refractivity contribution in [3.63, 3.8) is 0 Å². The molecular formula is C18H22N4O4. The van der Waals surface area contributed by atoms with Crippen LogP contribution in [0.1, 0.15) is 21.0 Å². The van der Waals surface area contributed by atoms with Gasteiger partial charge in [-0.3, -0.25) is 9.59 Å². The molecule has 0 bridgehead atoms. The largest absolute Gasteiger partial charge is 0.459 e. The fraction of sp³-hybridized carbons (Fsp3) is 0.389. The minimum Gasteiger partial charge on any atom is -0.459 e. The molecule has 3 heterocycles. The average Bonchev–Trinajstić information content (AvgIpc) is 3.23. The summed E-state index contributed by atoms with van der Waals surface area (Å²) in [5, 5.41) is 3.16. The van der Waals surface area contributed by atoms with Crippen LogP contribution < -0.4 is 5.32 Å². The van der Waals surface area contributed by atoms with Crippen molar-refractivity contribution >= 4 is 17.5 Å². The second kappa shape index (κ2) is 8.48. The molecule has 2 aromatic rings. The Morgan fingerprint density at radius 1 is 1.15 bits per heavy atom. The molecule has 1 N–H and O–H groups in total. The van der Waals surface area contributed by atoms with Crippen LogP contribution in [0.2, 0.25) is 0 Å². The van der Waals surface area contributed by atoms with Crippen LogP contribution in [0.5, 0.6) is 0 Å². The predicted molar refractivity (Wildman–Crippen MR) is 95.1 cm³/mol. The molecular weight excluding hydrogens is 336 g/mol. The van der Waals surface area contributed by atoms with Gasteiger partial charge in [0.15, 0.2) is 5.76 Å². The first-order valence-electron chi connectivity index (χ1n) is 8.50. The highest BCUT2D eigenvalue weighted by molar-refractivity contribution is 5.93. The molecule has 1 aliphatic rings. The van der Waals surface area contributed by atoms with Gasteiger partial charge >= 0.3 is 0 Å². The van der Waals surface area contributed by atoms with Crippen LogP contribution in [0, 0.1) is 0 Å². The lowest BCUT2D eigenvalue weighted by Crippen LogP contribution is -2.50. The van der Waals surface area contributed by atoms with E-state index in [9.17, 15) is 9.59 Å². The van der Waals surface area contributed by atoms with Gasteiger partial charge in [0, 0.05) is 39.8 Å². The van der Waals surface area contributed by atoms with Crippen molar-refractivity contribution in [3.8, 4) is 0 Å². The summed E-state index contributed by atoms with van der Waals surface area (Å²) >= 11 is 0. The molecule has 0 saturated carbocycles. The fourth-order valence-electron chi connectivity index (χ4n) is 2.75. The van der Waals surface area contributed by atoms with Gasteiger partial charge in [-0.25, -0.2) is 4.98 Å². The summed E-state index contributed by atoms with van der Waals surface area (Å²) in [6.07, 6.45) is 3.12. The summed E-state index contributed by atoms with van der Waals surface area (Å²) in [5.74, 6) is 0.0493. The lowest BCUT2D eigenvalue weighted by atomic mass is 10.2. The molecule has 2 amide bonds. The molecule has 0 spiro atoms. The first-order chi connectivity index (χ1) is 12.7. The standard InChI is InChI=1S/C18H22N4O4/c1-25-12-6-19-14-4-5-15(20-13-14)17(23)21-7-9-22(10-8-21)18(24)16-3-2-11-26-16/h2-5,11,13,19H,6-10,12H2,1H3. The smallest absolute Gasteiger partial charge is 0.289 e. The number of nitrogens with zero attached hydrogens (tertiary/aromatic N) is 3. The highest BCUT2D eigenvalue weighted by Crippen LogP contribution is 2.13. The van der Waals surface area contributed by atoms with Crippen molar-refractivity contribution in [1.29, 1.82) is 0 Å². The monoisotopic (exact) mass is 358 g/mol. The van der Waals surface area contributed by atoms with E-state index >= 15 is 0 Å². The average molecular weight is 358 g/mol. The SMILES string of the molecule is COCCNc1ccc(C(=O)N2CCN(C(=O)c3ccco3)CC2)nc1. The van der Waals surface area contributed by atoms with E-state index in [-0.39, 0.29) is 11.8 Å². The van der Waals surface area contributed by atoms with Gasteiger partial charge in [-0.05, 0) is 24.3 Å². The number of carbonyl (C=O) groups is 2. The summed E-state index contributed by atoms with van der Waals surface area (Å²) in [6, 6.07) is 6.86. The van der Waals surface area contributed by atoms with Gasteiger partial charge in [0.05, 0.1) is 24.8 Å². The number of rotatable bonds is 6.